The molecule has 1 unspecified atom stereocenters. The van der Waals surface area contributed by atoms with E-state index in [1.807, 2.05) is 0 Å². The van der Waals surface area contributed by atoms with Crippen LogP contribution in [0.25, 0.3) is 0 Å². The second kappa shape index (κ2) is 5.14. The number of aromatic amines is 1. The molecule has 0 amide bonds. The standard InChI is InChI=1S/C9H13N3O3/c1-6(4-7(13)14)5-12-8-9(15)11-3-2-10-8/h2-3,6H,4-5H2,1H3,(H,10,12)(H,11,15)(H,13,14). The predicted molar refractivity (Wildman–Crippen MR) is 54.8 cm³/mol. The topological polar surface area (TPSA) is 95.1 Å². The van der Waals surface area contributed by atoms with Gasteiger partial charge in [0.1, 0.15) is 0 Å². The molecule has 0 spiro atoms. The number of nitrogens with one attached hydrogen (secondary N) is 2. The number of nitrogens with zero attached hydrogens (tertiary/aromatic N) is 1. The molecule has 15 heavy (non-hydrogen) atoms. The molecule has 82 valence electrons. The Morgan fingerprint density at radius 2 is 2.47 bits per heavy atom. The minimum atomic E-state index is -0.848. The van der Waals surface area contributed by atoms with E-state index in [4.69, 9.17) is 5.11 Å². The first kappa shape index (κ1) is 11.2. The zero-order chi connectivity index (χ0) is 11.3. The molecule has 0 aliphatic carbocycles. The monoisotopic (exact) mass is 211 g/mol. The molecule has 0 saturated heterocycles. The van der Waals surface area contributed by atoms with E-state index in [0.717, 1.165) is 0 Å². The van der Waals surface area contributed by atoms with Crippen LogP contribution in [0, 0.1) is 5.92 Å². The van der Waals surface area contributed by atoms with Crippen molar-refractivity contribution < 1.29 is 9.90 Å². The molecule has 0 aromatic carbocycles. The van der Waals surface area contributed by atoms with Crippen molar-refractivity contribution in [2.75, 3.05) is 11.9 Å². The third-order valence-corrected chi connectivity index (χ3v) is 1.85. The van der Waals surface area contributed by atoms with Crippen molar-refractivity contribution in [2.24, 2.45) is 5.92 Å². The Kier molecular flexibility index (Phi) is 3.84. The molecule has 0 saturated carbocycles. The zero-order valence-electron chi connectivity index (χ0n) is 8.36. The average Bonchev–Trinajstić information content (AvgIpc) is 2.15. The maximum atomic E-state index is 11.2. The van der Waals surface area contributed by atoms with Gasteiger partial charge in [-0.15, -0.1) is 0 Å². The smallest absolute Gasteiger partial charge is 0.303 e. The van der Waals surface area contributed by atoms with Gasteiger partial charge in [-0.25, -0.2) is 4.98 Å². The number of carboxylic acid groups (broad SMARTS) is 1. The van der Waals surface area contributed by atoms with Crippen LogP contribution in [0.15, 0.2) is 17.2 Å². The highest BCUT2D eigenvalue weighted by molar-refractivity contribution is 5.67. The van der Waals surface area contributed by atoms with Crippen LogP contribution in [-0.2, 0) is 4.79 Å². The highest BCUT2D eigenvalue weighted by Gasteiger charge is 2.08. The molecule has 0 radical (unpaired) electrons. The molecule has 6 nitrogen and oxygen atoms in total. The maximum Gasteiger partial charge on any atom is 0.303 e. The number of hydrogen-bond acceptors (Lipinski definition) is 4. The first-order valence-corrected chi connectivity index (χ1v) is 4.59. The van der Waals surface area contributed by atoms with E-state index in [-0.39, 0.29) is 23.7 Å². The van der Waals surface area contributed by atoms with Crippen LogP contribution in [0.4, 0.5) is 5.82 Å². The van der Waals surface area contributed by atoms with Crippen LogP contribution in [0.5, 0.6) is 0 Å². The summed E-state index contributed by atoms with van der Waals surface area (Å²) in [6, 6.07) is 0. The predicted octanol–water partition coefficient (Wildman–Crippen LogP) is 0.293. The van der Waals surface area contributed by atoms with Crippen LogP contribution in [0.3, 0.4) is 0 Å². The van der Waals surface area contributed by atoms with Gasteiger partial charge in [-0.3, -0.25) is 9.59 Å². The Bertz CT molecular complexity index is 388. The van der Waals surface area contributed by atoms with Gasteiger partial charge in [-0.1, -0.05) is 6.92 Å². The number of H-pyrrole nitrogens is 1. The van der Waals surface area contributed by atoms with Crippen LogP contribution in [-0.4, -0.2) is 27.6 Å². The lowest BCUT2D eigenvalue weighted by molar-refractivity contribution is -0.137. The fourth-order valence-corrected chi connectivity index (χ4v) is 1.12. The molecule has 0 aliphatic heterocycles. The summed E-state index contributed by atoms with van der Waals surface area (Å²) in [5.41, 5.74) is -0.306. The van der Waals surface area contributed by atoms with Crippen LogP contribution >= 0.6 is 0 Å². The Morgan fingerprint density at radius 3 is 3.07 bits per heavy atom. The summed E-state index contributed by atoms with van der Waals surface area (Å²) >= 11 is 0. The lowest BCUT2D eigenvalue weighted by atomic mass is 10.1. The van der Waals surface area contributed by atoms with Crippen LogP contribution in [0.1, 0.15) is 13.3 Å². The molecular formula is C9H13N3O3. The number of aliphatic carboxylic acids is 1. The van der Waals surface area contributed by atoms with Gasteiger partial charge in [-0.05, 0) is 5.92 Å². The first-order chi connectivity index (χ1) is 7.09. The molecule has 1 aromatic rings. The zero-order valence-corrected chi connectivity index (χ0v) is 8.36. The Balaban J connectivity index is 2.47. The summed E-state index contributed by atoms with van der Waals surface area (Å²) in [7, 11) is 0. The second-order valence-electron chi connectivity index (χ2n) is 3.35. The molecule has 0 bridgehead atoms. The minimum Gasteiger partial charge on any atom is -0.481 e. The summed E-state index contributed by atoms with van der Waals surface area (Å²) in [6.07, 6.45) is 2.97. The van der Waals surface area contributed by atoms with E-state index in [0.29, 0.717) is 6.54 Å². The summed E-state index contributed by atoms with van der Waals surface area (Å²) in [6.45, 7) is 2.20. The maximum absolute atomic E-state index is 11.2. The van der Waals surface area contributed by atoms with Crippen LogP contribution in [0.2, 0.25) is 0 Å². The molecule has 1 atom stereocenters. The van der Waals surface area contributed by atoms with Gasteiger partial charge in [0.25, 0.3) is 5.56 Å². The van der Waals surface area contributed by atoms with Gasteiger partial charge in [0.05, 0.1) is 0 Å². The van der Waals surface area contributed by atoms with Gasteiger partial charge >= 0.3 is 5.97 Å². The number of hydrogen-bond donors (Lipinski definition) is 3. The van der Waals surface area contributed by atoms with E-state index >= 15 is 0 Å². The van der Waals surface area contributed by atoms with Gasteiger partial charge in [0.15, 0.2) is 5.82 Å². The summed E-state index contributed by atoms with van der Waals surface area (Å²) in [5.74, 6) is -0.683. The summed E-state index contributed by atoms with van der Waals surface area (Å²) in [5, 5.41) is 11.3. The second-order valence-corrected chi connectivity index (χ2v) is 3.35. The minimum absolute atomic E-state index is 0.0519. The highest BCUT2D eigenvalue weighted by Crippen LogP contribution is 2.02. The molecule has 0 fully saturated rings. The van der Waals surface area contributed by atoms with Crippen molar-refractivity contribution in [3.63, 3.8) is 0 Å². The molecule has 1 rings (SSSR count). The first-order valence-electron chi connectivity index (χ1n) is 4.59. The van der Waals surface area contributed by atoms with Gasteiger partial charge < -0.3 is 15.4 Å². The van der Waals surface area contributed by atoms with E-state index in [2.05, 4.69) is 15.3 Å². The number of carboxylic acids is 1. The molecule has 1 aromatic heterocycles. The summed E-state index contributed by atoms with van der Waals surface area (Å²) in [4.78, 5) is 27.8. The molecule has 1 heterocycles. The van der Waals surface area contributed by atoms with Crippen molar-refractivity contribution in [1.29, 1.82) is 0 Å². The summed E-state index contributed by atoms with van der Waals surface area (Å²) < 4.78 is 0. The van der Waals surface area contributed by atoms with Gasteiger partial charge in [0, 0.05) is 25.4 Å². The Hall–Kier alpha value is -1.85. The normalized spacial score (nSPS) is 12.1. The third kappa shape index (κ3) is 3.80. The average molecular weight is 211 g/mol. The fraction of sp³-hybridized carbons (Fsp3) is 0.444. The largest absolute Gasteiger partial charge is 0.481 e. The van der Waals surface area contributed by atoms with E-state index < -0.39 is 5.97 Å². The quantitative estimate of drug-likeness (QED) is 0.650. The fourth-order valence-electron chi connectivity index (χ4n) is 1.12. The Morgan fingerprint density at radius 1 is 1.73 bits per heavy atom. The van der Waals surface area contributed by atoms with Crippen molar-refractivity contribution in [2.45, 2.75) is 13.3 Å². The highest BCUT2D eigenvalue weighted by atomic mass is 16.4. The van der Waals surface area contributed by atoms with Gasteiger partial charge in [-0.2, -0.15) is 0 Å². The van der Waals surface area contributed by atoms with Crippen LogP contribution < -0.4 is 10.9 Å². The van der Waals surface area contributed by atoms with Crippen molar-refractivity contribution in [1.82, 2.24) is 9.97 Å². The number of carbonyl (C=O) groups is 1. The van der Waals surface area contributed by atoms with E-state index in [1.165, 1.54) is 12.4 Å². The lowest BCUT2D eigenvalue weighted by Gasteiger charge is -2.09. The van der Waals surface area contributed by atoms with Crippen molar-refractivity contribution in [3.05, 3.63) is 22.7 Å². The van der Waals surface area contributed by atoms with Gasteiger partial charge in [0.2, 0.25) is 0 Å². The number of anilines is 1. The van der Waals surface area contributed by atoms with E-state index in [9.17, 15) is 9.59 Å². The SMILES string of the molecule is CC(CNc1ncc[nH]c1=O)CC(=O)O. The molecular weight excluding hydrogens is 198 g/mol. The Labute approximate surface area is 86.4 Å². The number of rotatable bonds is 5. The van der Waals surface area contributed by atoms with Crippen molar-refractivity contribution in [3.8, 4) is 0 Å². The van der Waals surface area contributed by atoms with E-state index in [1.54, 1.807) is 6.92 Å². The molecule has 0 aliphatic rings. The number of aromatic nitrogens is 2. The lowest BCUT2D eigenvalue weighted by Crippen LogP contribution is -2.21. The van der Waals surface area contributed by atoms with Crippen molar-refractivity contribution >= 4 is 11.8 Å². The molecule has 6 heteroatoms. The molecule has 3 N–H and O–H groups in total. The third-order valence-electron chi connectivity index (χ3n) is 1.85.